The molecule has 5 nitrogen and oxygen atoms in total. The second-order valence-electron chi connectivity index (χ2n) is 5.04. The van der Waals surface area contributed by atoms with Gasteiger partial charge in [-0.25, -0.2) is 13.2 Å². The summed E-state index contributed by atoms with van der Waals surface area (Å²) in [7, 11) is -3.53. The number of hydrogen-bond donors (Lipinski definition) is 0. The second-order valence-corrected chi connectivity index (χ2v) is 7.03. The van der Waals surface area contributed by atoms with Crippen molar-refractivity contribution in [2.45, 2.75) is 10.6 Å². The molecule has 24 heavy (non-hydrogen) atoms. The standard InChI is InChI=1S/C18H14O5S/c19-18(23-14-7-3-1-4-8-14)17-12-11-15(22-17)13-24(20,21)16-9-5-2-6-10-16/h1-12H,13H2. The van der Waals surface area contributed by atoms with Crippen molar-refractivity contribution >= 4 is 15.8 Å². The van der Waals surface area contributed by atoms with Gasteiger partial charge in [-0.2, -0.15) is 0 Å². The number of rotatable bonds is 5. The lowest BCUT2D eigenvalue weighted by Gasteiger charge is -2.03. The van der Waals surface area contributed by atoms with Crippen LogP contribution in [-0.4, -0.2) is 14.4 Å². The first-order valence-electron chi connectivity index (χ1n) is 7.18. The van der Waals surface area contributed by atoms with E-state index in [4.69, 9.17) is 9.15 Å². The SMILES string of the molecule is O=C(Oc1ccccc1)c1ccc(CS(=O)(=O)c2ccccc2)o1. The zero-order valence-electron chi connectivity index (χ0n) is 12.6. The topological polar surface area (TPSA) is 73.6 Å². The quantitative estimate of drug-likeness (QED) is 0.524. The fourth-order valence-corrected chi connectivity index (χ4v) is 3.38. The molecule has 0 amide bonds. The molecule has 0 fully saturated rings. The Morgan fingerprint density at radius 3 is 2.17 bits per heavy atom. The maximum atomic E-state index is 12.3. The van der Waals surface area contributed by atoms with E-state index in [-0.39, 0.29) is 22.2 Å². The third kappa shape index (κ3) is 3.72. The van der Waals surface area contributed by atoms with Gasteiger partial charge in [0.25, 0.3) is 0 Å². The van der Waals surface area contributed by atoms with Crippen LogP contribution in [0, 0.1) is 0 Å². The maximum absolute atomic E-state index is 12.3. The van der Waals surface area contributed by atoms with E-state index in [1.165, 1.54) is 24.3 Å². The molecule has 0 unspecified atom stereocenters. The first kappa shape index (κ1) is 16.0. The summed E-state index contributed by atoms with van der Waals surface area (Å²) < 4.78 is 35.1. The lowest BCUT2D eigenvalue weighted by atomic mass is 10.3. The van der Waals surface area contributed by atoms with E-state index in [0.717, 1.165) is 0 Å². The lowest BCUT2D eigenvalue weighted by molar-refractivity contribution is 0.0699. The van der Waals surface area contributed by atoms with Crippen molar-refractivity contribution in [3.63, 3.8) is 0 Å². The molecule has 0 aliphatic carbocycles. The van der Waals surface area contributed by atoms with Crippen LogP contribution in [0.3, 0.4) is 0 Å². The zero-order valence-corrected chi connectivity index (χ0v) is 13.4. The number of carbonyl (C=O) groups is 1. The highest BCUT2D eigenvalue weighted by molar-refractivity contribution is 7.90. The van der Waals surface area contributed by atoms with Crippen LogP contribution in [0.15, 0.2) is 82.1 Å². The summed E-state index contributed by atoms with van der Waals surface area (Å²) in [6, 6.07) is 19.5. The van der Waals surface area contributed by atoms with Gasteiger partial charge in [-0.1, -0.05) is 36.4 Å². The number of esters is 1. The van der Waals surface area contributed by atoms with Crippen LogP contribution in [0.25, 0.3) is 0 Å². The van der Waals surface area contributed by atoms with Gasteiger partial charge in [0.2, 0.25) is 5.76 Å². The molecule has 0 aliphatic rings. The third-order valence-electron chi connectivity index (χ3n) is 3.25. The van der Waals surface area contributed by atoms with Gasteiger partial charge in [0, 0.05) is 0 Å². The largest absolute Gasteiger partial charge is 0.453 e. The van der Waals surface area contributed by atoms with Gasteiger partial charge in [-0.3, -0.25) is 0 Å². The number of hydrogen-bond acceptors (Lipinski definition) is 5. The highest BCUT2D eigenvalue weighted by Gasteiger charge is 2.20. The van der Waals surface area contributed by atoms with Gasteiger partial charge in [-0.05, 0) is 36.4 Å². The Morgan fingerprint density at radius 2 is 1.50 bits per heavy atom. The molecule has 0 spiro atoms. The fraction of sp³-hybridized carbons (Fsp3) is 0.0556. The predicted molar refractivity (Wildman–Crippen MR) is 87.4 cm³/mol. The van der Waals surface area contributed by atoms with Crippen LogP contribution in [-0.2, 0) is 15.6 Å². The smallest absolute Gasteiger partial charge is 0.379 e. The molecule has 1 heterocycles. The van der Waals surface area contributed by atoms with Crippen LogP contribution >= 0.6 is 0 Å². The Morgan fingerprint density at radius 1 is 0.875 bits per heavy atom. The van der Waals surface area contributed by atoms with Gasteiger partial charge in [0.1, 0.15) is 17.3 Å². The van der Waals surface area contributed by atoms with Crippen LogP contribution in [0.2, 0.25) is 0 Å². The number of furan rings is 1. The Hall–Kier alpha value is -2.86. The molecule has 3 aromatic rings. The van der Waals surface area contributed by atoms with E-state index in [9.17, 15) is 13.2 Å². The Bertz CT molecular complexity index is 928. The molecule has 0 saturated heterocycles. The van der Waals surface area contributed by atoms with Crippen molar-refractivity contribution in [3.05, 3.63) is 84.3 Å². The van der Waals surface area contributed by atoms with Crippen molar-refractivity contribution in [1.82, 2.24) is 0 Å². The molecule has 122 valence electrons. The van der Waals surface area contributed by atoms with Gasteiger partial charge in [0.05, 0.1) is 4.90 Å². The molecule has 1 aromatic heterocycles. The van der Waals surface area contributed by atoms with Crippen molar-refractivity contribution in [2.75, 3.05) is 0 Å². The van der Waals surface area contributed by atoms with Gasteiger partial charge in [-0.15, -0.1) is 0 Å². The highest BCUT2D eigenvalue weighted by atomic mass is 32.2. The third-order valence-corrected chi connectivity index (χ3v) is 4.91. The summed E-state index contributed by atoms with van der Waals surface area (Å²) in [5.74, 6) is -0.479. The lowest BCUT2D eigenvalue weighted by Crippen LogP contribution is -2.07. The van der Waals surface area contributed by atoms with Gasteiger partial charge in [0.15, 0.2) is 9.84 Å². The summed E-state index contributed by atoms with van der Waals surface area (Å²) in [5.41, 5.74) is 0. The Kier molecular flexibility index (Phi) is 4.48. The molecule has 0 bridgehead atoms. The predicted octanol–water partition coefficient (Wildman–Crippen LogP) is 3.47. The molecular weight excluding hydrogens is 328 g/mol. The number of benzene rings is 2. The van der Waals surface area contributed by atoms with Crippen molar-refractivity contribution in [3.8, 4) is 5.75 Å². The van der Waals surface area contributed by atoms with E-state index in [1.807, 2.05) is 0 Å². The minimum atomic E-state index is -3.53. The first-order chi connectivity index (χ1) is 11.5. The summed E-state index contributed by atoms with van der Waals surface area (Å²) >= 11 is 0. The van der Waals surface area contributed by atoms with Crippen LogP contribution < -0.4 is 4.74 Å². The minimum absolute atomic E-state index is 0.0443. The Balaban J connectivity index is 1.73. The molecule has 6 heteroatoms. The minimum Gasteiger partial charge on any atom is -0.453 e. The van der Waals surface area contributed by atoms with E-state index in [2.05, 4.69) is 0 Å². The van der Waals surface area contributed by atoms with Crippen molar-refractivity contribution < 1.29 is 22.4 Å². The van der Waals surface area contributed by atoms with E-state index < -0.39 is 15.8 Å². The molecule has 0 saturated carbocycles. The molecule has 2 aromatic carbocycles. The average molecular weight is 342 g/mol. The van der Waals surface area contributed by atoms with Crippen LogP contribution in [0.5, 0.6) is 5.75 Å². The summed E-state index contributed by atoms with van der Waals surface area (Å²) in [6.07, 6.45) is 0. The molecule has 0 atom stereocenters. The summed E-state index contributed by atoms with van der Waals surface area (Å²) in [4.78, 5) is 12.2. The summed E-state index contributed by atoms with van der Waals surface area (Å²) in [6.45, 7) is 0. The summed E-state index contributed by atoms with van der Waals surface area (Å²) in [5, 5.41) is 0. The van der Waals surface area contributed by atoms with E-state index in [0.29, 0.717) is 5.75 Å². The highest BCUT2D eigenvalue weighted by Crippen LogP contribution is 2.19. The van der Waals surface area contributed by atoms with Crippen LogP contribution in [0.1, 0.15) is 16.3 Å². The normalized spacial score (nSPS) is 11.2. The molecule has 3 rings (SSSR count). The van der Waals surface area contributed by atoms with E-state index in [1.54, 1.807) is 48.5 Å². The molecule has 0 N–H and O–H groups in total. The van der Waals surface area contributed by atoms with Crippen molar-refractivity contribution in [1.29, 1.82) is 0 Å². The van der Waals surface area contributed by atoms with Crippen molar-refractivity contribution in [2.24, 2.45) is 0 Å². The first-order valence-corrected chi connectivity index (χ1v) is 8.83. The monoisotopic (exact) mass is 342 g/mol. The molecule has 0 radical (unpaired) electrons. The Labute approximate surface area is 139 Å². The average Bonchev–Trinajstić information content (AvgIpc) is 3.04. The zero-order chi connectivity index (χ0) is 17.0. The number of para-hydroxylation sites is 1. The number of carbonyl (C=O) groups excluding carboxylic acids is 1. The fourth-order valence-electron chi connectivity index (χ4n) is 2.11. The maximum Gasteiger partial charge on any atom is 0.379 e. The second kappa shape index (κ2) is 6.72. The van der Waals surface area contributed by atoms with Gasteiger partial charge >= 0.3 is 5.97 Å². The molecular formula is C18H14O5S. The van der Waals surface area contributed by atoms with Gasteiger partial charge < -0.3 is 9.15 Å². The van der Waals surface area contributed by atoms with E-state index >= 15 is 0 Å². The molecule has 0 aliphatic heterocycles. The number of ether oxygens (including phenoxy) is 1. The van der Waals surface area contributed by atoms with Crippen LogP contribution in [0.4, 0.5) is 0 Å². The number of sulfone groups is 1.